The van der Waals surface area contributed by atoms with E-state index in [9.17, 15) is 14.0 Å². The molecule has 0 aromatic heterocycles. The van der Waals surface area contributed by atoms with E-state index in [1.165, 1.54) is 36.1 Å². The summed E-state index contributed by atoms with van der Waals surface area (Å²) in [5.74, 6) is -0.916. The fraction of sp³-hybridized carbons (Fsp3) is 0.118. The first-order chi connectivity index (χ1) is 11.4. The van der Waals surface area contributed by atoms with Crippen molar-refractivity contribution < 1.29 is 14.0 Å². The number of thiocarbonyl (C=S) groups is 1. The molecule has 2 rings (SSSR count). The Balaban J connectivity index is 1.95. The first-order valence-corrected chi connectivity index (χ1v) is 7.50. The normalized spacial score (nSPS) is 9.96. The van der Waals surface area contributed by atoms with E-state index >= 15 is 0 Å². The predicted octanol–water partition coefficient (Wildman–Crippen LogP) is 2.94. The maximum absolute atomic E-state index is 12.8. The Morgan fingerprint density at radius 2 is 1.62 bits per heavy atom. The van der Waals surface area contributed by atoms with Crippen LogP contribution in [0.25, 0.3) is 0 Å². The molecule has 0 radical (unpaired) electrons. The molecule has 0 aliphatic heterocycles. The van der Waals surface area contributed by atoms with Crippen LogP contribution in [0.15, 0.2) is 48.5 Å². The summed E-state index contributed by atoms with van der Waals surface area (Å²) in [6.07, 6.45) is 0. The number of nitrogens with zero attached hydrogens (tertiary/aromatic N) is 1. The maximum atomic E-state index is 12.8. The number of carbonyl (C=O) groups is 2. The van der Waals surface area contributed by atoms with Gasteiger partial charge in [0.15, 0.2) is 5.11 Å². The molecule has 0 bridgehead atoms. The summed E-state index contributed by atoms with van der Waals surface area (Å²) in [7, 11) is 1.68. The summed E-state index contributed by atoms with van der Waals surface area (Å²) < 4.78 is 12.8. The van der Waals surface area contributed by atoms with Gasteiger partial charge < -0.3 is 10.2 Å². The van der Waals surface area contributed by atoms with Gasteiger partial charge in [-0.05, 0) is 60.7 Å². The molecule has 0 saturated carbocycles. The molecule has 2 aromatic carbocycles. The number of rotatable bonds is 3. The van der Waals surface area contributed by atoms with Crippen LogP contribution in [0, 0.1) is 5.82 Å². The Morgan fingerprint density at radius 3 is 2.17 bits per heavy atom. The second-order valence-corrected chi connectivity index (χ2v) is 5.45. The topological polar surface area (TPSA) is 61.4 Å². The zero-order valence-electron chi connectivity index (χ0n) is 13.2. The van der Waals surface area contributed by atoms with Gasteiger partial charge in [-0.2, -0.15) is 0 Å². The summed E-state index contributed by atoms with van der Waals surface area (Å²) in [4.78, 5) is 24.8. The molecule has 24 heavy (non-hydrogen) atoms. The Labute approximate surface area is 144 Å². The number of benzene rings is 2. The first kappa shape index (κ1) is 17.6. The number of hydrogen-bond acceptors (Lipinski definition) is 3. The molecular weight excluding hydrogens is 329 g/mol. The molecule has 0 fully saturated rings. The lowest BCUT2D eigenvalue weighted by molar-refractivity contribution is -0.116. The number of hydrogen-bond donors (Lipinski definition) is 2. The van der Waals surface area contributed by atoms with E-state index in [1.54, 1.807) is 31.3 Å². The van der Waals surface area contributed by atoms with Crippen LogP contribution >= 0.6 is 12.2 Å². The Kier molecular flexibility index (Phi) is 5.59. The third-order valence-corrected chi connectivity index (χ3v) is 3.52. The van der Waals surface area contributed by atoms with Crippen LogP contribution in [0.4, 0.5) is 15.8 Å². The van der Waals surface area contributed by atoms with Crippen molar-refractivity contribution in [2.45, 2.75) is 6.92 Å². The van der Waals surface area contributed by atoms with Gasteiger partial charge in [0, 0.05) is 30.9 Å². The van der Waals surface area contributed by atoms with Crippen molar-refractivity contribution in [3.8, 4) is 0 Å². The SMILES string of the molecule is CC(=O)N(C)c1ccc(NC(=S)NC(=O)c2ccc(F)cc2)cc1. The van der Waals surface area contributed by atoms with Gasteiger partial charge in [-0.25, -0.2) is 4.39 Å². The summed E-state index contributed by atoms with van der Waals surface area (Å²) in [6.45, 7) is 1.48. The number of halogens is 1. The fourth-order valence-corrected chi connectivity index (χ4v) is 2.10. The van der Waals surface area contributed by atoms with Gasteiger partial charge >= 0.3 is 0 Å². The van der Waals surface area contributed by atoms with E-state index in [0.29, 0.717) is 11.3 Å². The van der Waals surface area contributed by atoms with E-state index < -0.39 is 11.7 Å². The fourth-order valence-electron chi connectivity index (χ4n) is 1.89. The molecule has 0 saturated heterocycles. The first-order valence-electron chi connectivity index (χ1n) is 7.09. The van der Waals surface area contributed by atoms with Crippen LogP contribution in [0.3, 0.4) is 0 Å². The number of anilines is 2. The van der Waals surface area contributed by atoms with Gasteiger partial charge in [-0.15, -0.1) is 0 Å². The van der Waals surface area contributed by atoms with Crippen molar-refractivity contribution in [1.29, 1.82) is 0 Å². The monoisotopic (exact) mass is 345 g/mol. The lowest BCUT2D eigenvalue weighted by atomic mass is 10.2. The molecule has 0 aliphatic carbocycles. The maximum Gasteiger partial charge on any atom is 0.257 e. The van der Waals surface area contributed by atoms with E-state index in [4.69, 9.17) is 12.2 Å². The second-order valence-electron chi connectivity index (χ2n) is 5.04. The molecule has 2 aromatic rings. The molecule has 0 spiro atoms. The molecule has 5 nitrogen and oxygen atoms in total. The minimum absolute atomic E-state index is 0.0715. The van der Waals surface area contributed by atoms with Crippen LogP contribution in [-0.2, 0) is 4.79 Å². The average Bonchev–Trinajstić information content (AvgIpc) is 2.55. The molecule has 0 heterocycles. The lowest BCUT2D eigenvalue weighted by Crippen LogP contribution is -2.34. The van der Waals surface area contributed by atoms with Gasteiger partial charge in [-0.3, -0.25) is 14.9 Å². The van der Waals surface area contributed by atoms with Crippen molar-refractivity contribution >= 4 is 40.5 Å². The van der Waals surface area contributed by atoms with Crippen molar-refractivity contribution in [1.82, 2.24) is 5.32 Å². The van der Waals surface area contributed by atoms with Gasteiger partial charge in [-0.1, -0.05) is 0 Å². The lowest BCUT2D eigenvalue weighted by Gasteiger charge is -2.16. The van der Waals surface area contributed by atoms with E-state index in [1.807, 2.05) is 0 Å². The molecule has 0 atom stereocenters. The molecule has 0 aliphatic rings. The van der Waals surface area contributed by atoms with Crippen LogP contribution in [0.2, 0.25) is 0 Å². The van der Waals surface area contributed by atoms with Crippen LogP contribution in [-0.4, -0.2) is 24.0 Å². The zero-order valence-corrected chi connectivity index (χ0v) is 14.0. The minimum atomic E-state index is -0.430. The highest BCUT2D eigenvalue weighted by Crippen LogP contribution is 2.17. The van der Waals surface area contributed by atoms with Gasteiger partial charge in [0.2, 0.25) is 5.91 Å². The molecule has 0 unspecified atom stereocenters. The summed E-state index contributed by atoms with van der Waals surface area (Å²) in [5, 5.41) is 5.51. The number of carbonyl (C=O) groups excluding carboxylic acids is 2. The van der Waals surface area contributed by atoms with E-state index in [-0.39, 0.29) is 11.0 Å². The van der Waals surface area contributed by atoms with Crippen LogP contribution in [0.1, 0.15) is 17.3 Å². The zero-order chi connectivity index (χ0) is 17.7. The molecular formula is C17H16FN3O2S. The predicted molar refractivity (Wildman–Crippen MR) is 95.6 cm³/mol. The minimum Gasteiger partial charge on any atom is -0.332 e. The highest BCUT2D eigenvalue weighted by molar-refractivity contribution is 7.80. The van der Waals surface area contributed by atoms with Crippen molar-refractivity contribution in [3.63, 3.8) is 0 Å². The Bertz CT molecular complexity index is 760. The summed E-state index contributed by atoms with van der Waals surface area (Å²) in [5.41, 5.74) is 1.72. The van der Waals surface area contributed by atoms with Gasteiger partial charge in [0.25, 0.3) is 5.91 Å². The highest BCUT2D eigenvalue weighted by Gasteiger charge is 2.09. The van der Waals surface area contributed by atoms with Crippen molar-refractivity contribution in [2.75, 3.05) is 17.3 Å². The largest absolute Gasteiger partial charge is 0.332 e. The average molecular weight is 345 g/mol. The number of nitrogens with one attached hydrogen (secondary N) is 2. The smallest absolute Gasteiger partial charge is 0.257 e. The van der Waals surface area contributed by atoms with E-state index in [0.717, 1.165) is 5.69 Å². The van der Waals surface area contributed by atoms with Crippen molar-refractivity contribution in [3.05, 3.63) is 59.9 Å². The van der Waals surface area contributed by atoms with Crippen LogP contribution in [0.5, 0.6) is 0 Å². The second kappa shape index (κ2) is 7.65. The van der Waals surface area contributed by atoms with Crippen molar-refractivity contribution in [2.24, 2.45) is 0 Å². The quantitative estimate of drug-likeness (QED) is 0.840. The highest BCUT2D eigenvalue weighted by atomic mass is 32.1. The van der Waals surface area contributed by atoms with Gasteiger partial charge in [0.05, 0.1) is 0 Å². The Morgan fingerprint density at radius 1 is 1.04 bits per heavy atom. The molecule has 7 heteroatoms. The third kappa shape index (κ3) is 4.60. The van der Waals surface area contributed by atoms with Gasteiger partial charge in [0.1, 0.15) is 5.82 Å². The third-order valence-electron chi connectivity index (χ3n) is 3.32. The number of amides is 2. The standard InChI is InChI=1S/C17H16FN3O2S/c1-11(22)21(2)15-9-7-14(8-10-15)19-17(24)20-16(23)12-3-5-13(18)6-4-12/h3-10H,1-2H3,(H2,19,20,23,24). The molecule has 2 amide bonds. The Hall–Kier alpha value is -2.80. The summed E-state index contributed by atoms with van der Waals surface area (Å²) >= 11 is 5.08. The molecule has 2 N–H and O–H groups in total. The summed E-state index contributed by atoms with van der Waals surface area (Å²) in [6, 6.07) is 12.2. The van der Waals surface area contributed by atoms with Crippen LogP contribution < -0.4 is 15.5 Å². The molecule has 124 valence electrons. The van der Waals surface area contributed by atoms with E-state index in [2.05, 4.69) is 10.6 Å².